The van der Waals surface area contributed by atoms with Crippen LogP contribution >= 0.6 is 0 Å². The molecule has 0 heterocycles. The highest BCUT2D eigenvalue weighted by atomic mass is 16.5. The zero-order valence-corrected chi connectivity index (χ0v) is 11.4. The van der Waals surface area contributed by atoms with Gasteiger partial charge in [-0.3, -0.25) is 10.1 Å². The van der Waals surface area contributed by atoms with E-state index in [0.29, 0.717) is 17.8 Å². The van der Waals surface area contributed by atoms with Gasteiger partial charge in [-0.25, -0.2) is 4.79 Å². The van der Waals surface area contributed by atoms with Gasteiger partial charge in [-0.15, -0.1) is 0 Å². The number of unbranched alkanes of at least 4 members (excludes halogenated alkanes) is 1. The lowest BCUT2D eigenvalue weighted by atomic mass is 10.1. The monoisotopic (exact) mass is 264 g/mol. The Kier molecular flexibility index (Phi) is 6.43. The van der Waals surface area contributed by atoms with E-state index in [0.717, 1.165) is 12.8 Å². The first kappa shape index (κ1) is 15.0. The SMILES string of the molecule is CCCCNC(=O)c1ccccc1NC(=O)OCC. The first-order chi connectivity index (χ1) is 9.19. The minimum atomic E-state index is -0.559. The van der Waals surface area contributed by atoms with Crippen molar-refractivity contribution in [2.45, 2.75) is 26.7 Å². The zero-order chi connectivity index (χ0) is 14.1. The van der Waals surface area contributed by atoms with Gasteiger partial charge in [0.1, 0.15) is 0 Å². The van der Waals surface area contributed by atoms with Gasteiger partial charge in [-0.2, -0.15) is 0 Å². The number of rotatable bonds is 6. The van der Waals surface area contributed by atoms with Crippen LogP contribution in [0.15, 0.2) is 24.3 Å². The van der Waals surface area contributed by atoms with Crippen LogP contribution in [0.4, 0.5) is 10.5 Å². The summed E-state index contributed by atoms with van der Waals surface area (Å²) < 4.78 is 4.80. The second-order valence-corrected chi connectivity index (χ2v) is 4.00. The van der Waals surface area contributed by atoms with Crippen LogP contribution in [0.3, 0.4) is 0 Å². The summed E-state index contributed by atoms with van der Waals surface area (Å²) in [5.74, 6) is -0.194. The fraction of sp³-hybridized carbons (Fsp3) is 0.429. The lowest BCUT2D eigenvalue weighted by Gasteiger charge is -2.11. The molecule has 104 valence electrons. The third-order valence-electron chi connectivity index (χ3n) is 2.50. The van der Waals surface area contributed by atoms with Crippen LogP contribution < -0.4 is 10.6 Å². The summed E-state index contributed by atoms with van der Waals surface area (Å²) in [5.41, 5.74) is 0.890. The van der Waals surface area contributed by atoms with Crippen molar-refractivity contribution in [3.8, 4) is 0 Å². The minimum absolute atomic E-state index is 0.194. The van der Waals surface area contributed by atoms with Gasteiger partial charge in [0.05, 0.1) is 17.9 Å². The Morgan fingerprint density at radius 3 is 2.63 bits per heavy atom. The van der Waals surface area contributed by atoms with Gasteiger partial charge in [0, 0.05) is 6.54 Å². The molecular formula is C14H20N2O3. The van der Waals surface area contributed by atoms with Crippen molar-refractivity contribution in [1.82, 2.24) is 5.32 Å². The van der Waals surface area contributed by atoms with Crippen LogP contribution in [0.5, 0.6) is 0 Å². The zero-order valence-electron chi connectivity index (χ0n) is 11.4. The maximum Gasteiger partial charge on any atom is 0.411 e. The third-order valence-corrected chi connectivity index (χ3v) is 2.50. The summed E-state index contributed by atoms with van der Waals surface area (Å²) in [7, 11) is 0. The van der Waals surface area contributed by atoms with Gasteiger partial charge in [-0.05, 0) is 25.5 Å². The van der Waals surface area contributed by atoms with Crippen LogP contribution in [-0.4, -0.2) is 25.2 Å². The Balaban J connectivity index is 2.72. The summed E-state index contributed by atoms with van der Waals surface area (Å²) in [5, 5.41) is 5.38. The highest BCUT2D eigenvalue weighted by Gasteiger charge is 2.12. The van der Waals surface area contributed by atoms with E-state index in [1.807, 2.05) is 0 Å². The Hall–Kier alpha value is -2.04. The molecule has 0 radical (unpaired) electrons. The van der Waals surface area contributed by atoms with Crippen molar-refractivity contribution in [2.75, 3.05) is 18.5 Å². The third kappa shape index (κ3) is 4.99. The van der Waals surface area contributed by atoms with E-state index >= 15 is 0 Å². The van der Waals surface area contributed by atoms with Crippen LogP contribution in [0.2, 0.25) is 0 Å². The van der Waals surface area contributed by atoms with Crippen molar-refractivity contribution in [3.63, 3.8) is 0 Å². The molecule has 19 heavy (non-hydrogen) atoms. The van der Waals surface area contributed by atoms with Crippen molar-refractivity contribution in [2.24, 2.45) is 0 Å². The fourth-order valence-electron chi connectivity index (χ4n) is 1.54. The highest BCUT2D eigenvalue weighted by molar-refractivity contribution is 6.02. The largest absolute Gasteiger partial charge is 0.450 e. The van der Waals surface area contributed by atoms with Gasteiger partial charge in [0.25, 0.3) is 5.91 Å². The van der Waals surface area contributed by atoms with Crippen LogP contribution in [-0.2, 0) is 4.74 Å². The molecule has 0 aromatic heterocycles. The molecular weight excluding hydrogens is 244 g/mol. The smallest absolute Gasteiger partial charge is 0.411 e. The molecule has 0 aliphatic carbocycles. The Bertz CT molecular complexity index is 432. The van der Waals surface area contributed by atoms with Crippen molar-refractivity contribution in [1.29, 1.82) is 0 Å². The number of benzene rings is 1. The summed E-state index contributed by atoms with van der Waals surface area (Å²) in [4.78, 5) is 23.4. The molecule has 1 aromatic carbocycles. The second-order valence-electron chi connectivity index (χ2n) is 4.00. The molecule has 2 N–H and O–H groups in total. The molecule has 0 saturated carbocycles. The van der Waals surface area contributed by atoms with Crippen LogP contribution in [0, 0.1) is 0 Å². The number of hydrogen-bond donors (Lipinski definition) is 2. The van der Waals surface area contributed by atoms with Gasteiger partial charge in [-0.1, -0.05) is 25.5 Å². The van der Waals surface area contributed by atoms with Crippen molar-refractivity contribution >= 4 is 17.7 Å². The summed E-state index contributed by atoms with van der Waals surface area (Å²) in [6, 6.07) is 6.85. The van der Waals surface area contributed by atoms with Crippen molar-refractivity contribution < 1.29 is 14.3 Å². The van der Waals surface area contributed by atoms with E-state index in [4.69, 9.17) is 4.74 Å². The molecule has 0 spiro atoms. The van der Waals surface area contributed by atoms with E-state index < -0.39 is 6.09 Å². The number of carbonyl (C=O) groups excluding carboxylic acids is 2. The number of para-hydroxylation sites is 1. The van der Waals surface area contributed by atoms with E-state index in [-0.39, 0.29) is 12.5 Å². The first-order valence-corrected chi connectivity index (χ1v) is 6.50. The number of hydrogen-bond acceptors (Lipinski definition) is 3. The fourth-order valence-corrected chi connectivity index (χ4v) is 1.54. The Morgan fingerprint density at radius 1 is 1.21 bits per heavy atom. The van der Waals surface area contributed by atoms with Crippen LogP contribution in [0.25, 0.3) is 0 Å². The quantitative estimate of drug-likeness (QED) is 0.776. The van der Waals surface area contributed by atoms with Gasteiger partial charge in [0.2, 0.25) is 0 Å². The number of carbonyl (C=O) groups is 2. The highest BCUT2D eigenvalue weighted by Crippen LogP contribution is 2.15. The lowest BCUT2D eigenvalue weighted by Crippen LogP contribution is -2.26. The van der Waals surface area contributed by atoms with Crippen molar-refractivity contribution in [3.05, 3.63) is 29.8 Å². The summed E-state index contributed by atoms with van der Waals surface area (Å²) >= 11 is 0. The maximum absolute atomic E-state index is 12.0. The normalized spacial score (nSPS) is 9.79. The minimum Gasteiger partial charge on any atom is -0.450 e. The number of amides is 2. The molecule has 5 heteroatoms. The predicted molar refractivity (Wildman–Crippen MR) is 74.3 cm³/mol. The molecule has 0 bridgehead atoms. The number of anilines is 1. The van der Waals surface area contributed by atoms with E-state index in [1.54, 1.807) is 31.2 Å². The molecule has 0 fully saturated rings. The molecule has 0 aliphatic rings. The molecule has 5 nitrogen and oxygen atoms in total. The Morgan fingerprint density at radius 2 is 1.95 bits per heavy atom. The van der Waals surface area contributed by atoms with Gasteiger partial charge >= 0.3 is 6.09 Å². The number of ether oxygens (including phenoxy) is 1. The molecule has 0 atom stereocenters. The van der Waals surface area contributed by atoms with E-state index in [9.17, 15) is 9.59 Å². The molecule has 1 rings (SSSR count). The number of nitrogens with one attached hydrogen (secondary N) is 2. The average Bonchev–Trinajstić information content (AvgIpc) is 2.39. The summed E-state index contributed by atoms with van der Waals surface area (Å²) in [6.07, 6.45) is 1.39. The molecule has 0 saturated heterocycles. The molecule has 0 aliphatic heterocycles. The van der Waals surface area contributed by atoms with E-state index in [1.165, 1.54) is 0 Å². The Labute approximate surface area is 113 Å². The standard InChI is InChI=1S/C14H20N2O3/c1-3-5-10-15-13(17)11-8-6-7-9-12(11)16-14(18)19-4-2/h6-9H,3-5,10H2,1-2H3,(H,15,17)(H,16,18). The average molecular weight is 264 g/mol. The molecule has 1 aromatic rings. The summed E-state index contributed by atoms with van der Waals surface area (Å²) in [6.45, 7) is 4.70. The van der Waals surface area contributed by atoms with Gasteiger partial charge in [0.15, 0.2) is 0 Å². The topological polar surface area (TPSA) is 67.4 Å². The van der Waals surface area contributed by atoms with Crippen LogP contribution in [0.1, 0.15) is 37.0 Å². The first-order valence-electron chi connectivity index (χ1n) is 6.50. The maximum atomic E-state index is 12.0. The molecule has 2 amide bonds. The predicted octanol–water partition coefficient (Wildman–Crippen LogP) is 2.78. The van der Waals surface area contributed by atoms with E-state index in [2.05, 4.69) is 17.6 Å². The van der Waals surface area contributed by atoms with Gasteiger partial charge < -0.3 is 10.1 Å². The second kappa shape index (κ2) is 8.13. The molecule has 0 unspecified atom stereocenters. The lowest BCUT2D eigenvalue weighted by molar-refractivity contribution is 0.0954.